The molecule has 2 aromatic rings. The predicted molar refractivity (Wildman–Crippen MR) is 57.5 cm³/mol. The van der Waals surface area contributed by atoms with Gasteiger partial charge in [-0.2, -0.15) is 0 Å². The molecule has 1 aromatic carbocycles. The molecule has 1 heterocycles. The Morgan fingerprint density at radius 3 is 3.07 bits per heavy atom. The van der Waals surface area contributed by atoms with Gasteiger partial charge in [-0.1, -0.05) is 11.3 Å². The molecule has 5 heteroatoms. The molecule has 15 heavy (non-hydrogen) atoms. The molecule has 0 aliphatic heterocycles. The molecule has 0 bridgehead atoms. The average molecular weight is 226 g/mol. The van der Waals surface area contributed by atoms with Crippen molar-refractivity contribution in [3.05, 3.63) is 28.8 Å². The Kier molecular flexibility index (Phi) is 2.83. The maximum absolute atomic E-state index is 12.9. The lowest BCUT2D eigenvalue weighted by Gasteiger charge is -2.02. The van der Waals surface area contributed by atoms with Gasteiger partial charge in [0.15, 0.2) is 4.80 Å². The van der Waals surface area contributed by atoms with E-state index in [-0.39, 0.29) is 5.82 Å². The van der Waals surface area contributed by atoms with Gasteiger partial charge >= 0.3 is 0 Å². The Bertz CT molecular complexity index is 532. The van der Waals surface area contributed by atoms with Crippen LogP contribution in [0.25, 0.3) is 10.2 Å². The summed E-state index contributed by atoms with van der Waals surface area (Å²) in [5.74, 6) is -0.261. The van der Waals surface area contributed by atoms with E-state index in [4.69, 9.17) is 10.1 Å². The second-order valence-corrected chi connectivity index (χ2v) is 4.19. The molecule has 0 saturated carbocycles. The summed E-state index contributed by atoms with van der Waals surface area (Å²) in [4.78, 5) is 0.424. The van der Waals surface area contributed by atoms with Gasteiger partial charge in [0.25, 0.3) is 0 Å². The van der Waals surface area contributed by atoms with Crippen molar-refractivity contribution in [3.8, 4) is 0 Å². The first-order chi connectivity index (χ1) is 7.22. The van der Waals surface area contributed by atoms with Crippen LogP contribution >= 0.6 is 11.3 Å². The number of thiazole rings is 1. The zero-order valence-corrected chi connectivity index (χ0v) is 9.10. The minimum atomic E-state index is -0.261. The van der Waals surface area contributed by atoms with Crippen molar-refractivity contribution in [1.29, 1.82) is 5.41 Å². The number of benzene rings is 1. The lowest BCUT2D eigenvalue weighted by Crippen LogP contribution is -2.15. The van der Waals surface area contributed by atoms with E-state index in [2.05, 4.69) is 0 Å². The van der Waals surface area contributed by atoms with E-state index in [0.29, 0.717) is 18.0 Å². The van der Waals surface area contributed by atoms with Crippen LogP contribution in [0.1, 0.15) is 0 Å². The molecule has 0 aliphatic carbocycles. The Balaban J connectivity index is 2.53. The molecular formula is C10H11FN2OS. The van der Waals surface area contributed by atoms with Crippen LogP contribution in [0.4, 0.5) is 4.39 Å². The monoisotopic (exact) mass is 226 g/mol. The van der Waals surface area contributed by atoms with Crippen LogP contribution in [-0.4, -0.2) is 18.3 Å². The lowest BCUT2D eigenvalue weighted by atomic mass is 10.3. The summed E-state index contributed by atoms with van der Waals surface area (Å²) in [7, 11) is 1.62. The zero-order valence-electron chi connectivity index (χ0n) is 8.29. The van der Waals surface area contributed by atoms with E-state index in [0.717, 1.165) is 10.2 Å². The summed E-state index contributed by atoms with van der Waals surface area (Å²) in [6, 6.07) is 4.58. The fourth-order valence-electron chi connectivity index (χ4n) is 1.47. The number of methoxy groups -OCH3 is 1. The summed E-state index contributed by atoms with van der Waals surface area (Å²) in [5, 5.41) is 7.75. The number of hydrogen-bond acceptors (Lipinski definition) is 3. The van der Waals surface area contributed by atoms with Gasteiger partial charge in [0.05, 0.1) is 16.8 Å². The Morgan fingerprint density at radius 2 is 2.33 bits per heavy atom. The molecule has 0 amide bonds. The minimum absolute atomic E-state index is 0.261. The van der Waals surface area contributed by atoms with Gasteiger partial charge in [-0.15, -0.1) is 0 Å². The number of ether oxygens (including phenoxy) is 1. The smallest absolute Gasteiger partial charge is 0.182 e. The van der Waals surface area contributed by atoms with Crippen LogP contribution in [0.2, 0.25) is 0 Å². The van der Waals surface area contributed by atoms with Crippen molar-refractivity contribution in [2.75, 3.05) is 13.7 Å². The van der Waals surface area contributed by atoms with Crippen molar-refractivity contribution < 1.29 is 9.13 Å². The summed E-state index contributed by atoms with van der Waals surface area (Å²) in [6.45, 7) is 1.18. The molecular weight excluding hydrogens is 215 g/mol. The number of halogens is 1. The lowest BCUT2D eigenvalue weighted by molar-refractivity contribution is 0.187. The second-order valence-electron chi connectivity index (χ2n) is 3.16. The van der Waals surface area contributed by atoms with Gasteiger partial charge < -0.3 is 9.30 Å². The molecule has 80 valence electrons. The Hall–Kier alpha value is -1.20. The third-order valence-electron chi connectivity index (χ3n) is 2.18. The first-order valence-corrected chi connectivity index (χ1v) is 5.36. The third-order valence-corrected chi connectivity index (χ3v) is 3.14. The molecule has 2 rings (SSSR count). The number of rotatable bonds is 3. The molecule has 3 nitrogen and oxygen atoms in total. The highest BCUT2D eigenvalue weighted by Crippen LogP contribution is 2.18. The minimum Gasteiger partial charge on any atom is -0.383 e. The highest BCUT2D eigenvalue weighted by atomic mass is 32.1. The number of hydrogen-bond donors (Lipinski definition) is 1. The van der Waals surface area contributed by atoms with E-state index in [1.807, 2.05) is 4.57 Å². The average Bonchev–Trinajstić information content (AvgIpc) is 2.50. The van der Waals surface area contributed by atoms with E-state index >= 15 is 0 Å². The molecule has 1 N–H and O–H groups in total. The molecule has 0 fully saturated rings. The summed E-state index contributed by atoms with van der Waals surface area (Å²) in [6.07, 6.45) is 0. The van der Waals surface area contributed by atoms with Crippen LogP contribution in [0.3, 0.4) is 0 Å². The predicted octanol–water partition coefficient (Wildman–Crippen LogP) is 1.97. The summed E-state index contributed by atoms with van der Waals surface area (Å²) < 4.78 is 20.5. The van der Waals surface area contributed by atoms with Crippen molar-refractivity contribution in [2.45, 2.75) is 6.54 Å². The topological polar surface area (TPSA) is 38.0 Å². The third kappa shape index (κ3) is 1.93. The maximum atomic E-state index is 12.9. The largest absolute Gasteiger partial charge is 0.383 e. The van der Waals surface area contributed by atoms with Crippen molar-refractivity contribution in [3.63, 3.8) is 0 Å². The van der Waals surface area contributed by atoms with E-state index in [9.17, 15) is 4.39 Å². The van der Waals surface area contributed by atoms with Crippen LogP contribution < -0.4 is 4.80 Å². The van der Waals surface area contributed by atoms with Crippen molar-refractivity contribution in [2.24, 2.45) is 0 Å². The number of nitrogens with zero attached hydrogens (tertiary/aromatic N) is 1. The quantitative estimate of drug-likeness (QED) is 0.853. The van der Waals surface area contributed by atoms with Gasteiger partial charge in [-0.05, 0) is 18.2 Å². The fraction of sp³-hybridized carbons (Fsp3) is 0.300. The zero-order chi connectivity index (χ0) is 10.8. The van der Waals surface area contributed by atoms with Crippen molar-refractivity contribution >= 4 is 21.6 Å². The highest BCUT2D eigenvalue weighted by molar-refractivity contribution is 7.16. The SMILES string of the molecule is COCCn1c(=N)sc2cc(F)ccc21. The van der Waals surface area contributed by atoms with Gasteiger partial charge in [0.1, 0.15) is 5.82 Å². The van der Waals surface area contributed by atoms with E-state index < -0.39 is 0 Å². The Morgan fingerprint density at radius 1 is 1.53 bits per heavy atom. The molecule has 0 unspecified atom stereocenters. The molecule has 0 aliphatic rings. The first kappa shape index (κ1) is 10.3. The molecule has 0 atom stereocenters. The van der Waals surface area contributed by atoms with Gasteiger partial charge in [0.2, 0.25) is 0 Å². The molecule has 1 aromatic heterocycles. The van der Waals surface area contributed by atoms with Crippen LogP contribution in [0.5, 0.6) is 0 Å². The van der Waals surface area contributed by atoms with Gasteiger partial charge in [0, 0.05) is 13.7 Å². The standard InChI is InChI=1S/C10H11FN2OS/c1-14-5-4-13-8-3-2-7(11)6-9(8)15-10(13)12/h2-3,6,12H,4-5H2,1H3. The summed E-state index contributed by atoms with van der Waals surface area (Å²) in [5.41, 5.74) is 0.892. The van der Waals surface area contributed by atoms with Crippen LogP contribution in [0, 0.1) is 11.2 Å². The number of aromatic nitrogens is 1. The fourth-order valence-corrected chi connectivity index (χ4v) is 2.43. The molecule has 0 radical (unpaired) electrons. The van der Waals surface area contributed by atoms with E-state index in [1.54, 1.807) is 13.2 Å². The summed E-state index contributed by atoms with van der Waals surface area (Å²) >= 11 is 1.28. The van der Waals surface area contributed by atoms with Crippen molar-refractivity contribution in [1.82, 2.24) is 4.57 Å². The second kappa shape index (κ2) is 4.12. The highest BCUT2D eigenvalue weighted by Gasteiger charge is 2.05. The molecule has 0 saturated heterocycles. The van der Waals surface area contributed by atoms with Crippen LogP contribution in [-0.2, 0) is 11.3 Å². The van der Waals surface area contributed by atoms with E-state index in [1.165, 1.54) is 23.5 Å². The van der Waals surface area contributed by atoms with Gasteiger partial charge in [-0.25, -0.2) is 4.39 Å². The molecule has 0 spiro atoms. The van der Waals surface area contributed by atoms with Gasteiger partial charge in [-0.3, -0.25) is 5.41 Å². The maximum Gasteiger partial charge on any atom is 0.182 e. The Labute approximate surface area is 90.2 Å². The number of fused-ring (bicyclic) bond motifs is 1. The number of nitrogens with one attached hydrogen (secondary N) is 1. The normalized spacial score (nSPS) is 11.1. The van der Waals surface area contributed by atoms with Crippen LogP contribution in [0.15, 0.2) is 18.2 Å². The first-order valence-electron chi connectivity index (χ1n) is 4.55.